The van der Waals surface area contributed by atoms with E-state index in [1.54, 1.807) is 23.1 Å². The van der Waals surface area contributed by atoms with Gasteiger partial charge >= 0.3 is 0 Å². The van der Waals surface area contributed by atoms with E-state index in [-0.39, 0.29) is 12.4 Å². The number of aryl methyl sites for hydroxylation is 2. The van der Waals surface area contributed by atoms with E-state index in [2.05, 4.69) is 45.5 Å². The van der Waals surface area contributed by atoms with Crippen molar-refractivity contribution in [2.75, 3.05) is 13.1 Å². The van der Waals surface area contributed by atoms with E-state index in [4.69, 9.17) is 0 Å². The molecule has 0 aliphatic carbocycles. The first-order chi connectivity index (χ1) is 11.2. The quantitative estimate of drug-likeness (QED) is 0.606. The molecule has 2 aromatic rings. The van der Waals surface area contributed by atoms with Crippen LogP contribution in [-0.2, 0) is 12.3 Å². The predicted molar refractivity (Wildman–Crippen MR) is 103 cm³/mol. The highest BCUT2D eigenvalue weighted by molar-refractivity contribution is 7.98. The van der Waals surface area contributed by atoms with Crippen molar-refractivity contribution >= 4 is 35.5 Å². The first-order valence-corrected chi connectivity index (χ1v) is 9.79. The zero-order valence-corrected chi connectivity index (χ0v) is 16.6. The van der Waals surface area contributed by atoms with Gasteiger partial charge in [0.2, 0.25) is 0 Å². The largest absolute Gasteiger partial charge is 0.317 e. The summed E-state index contributed by atoms with van der Waals surface area (Å²) in [6.07, 6.45) is 4.19. The predicted octanol–water partition coefficient (Wildman–Crippen LogP) is 3.72. The van der Waals surface area contributed by atoms with Crippen molar-refractivity contribution in [2.45, 2.75) is 50.1 Å². The van der Waals surface area contributed by atoms with Crippen LogP contribution in [0.15, 0.2) is 17.8 Å². The number of thioether (sulfide) groups is 1. The molecule has 1 fully saturated rings. The number of aromatic nitrogens is 4. The van der Waals surface area contributed by atoms with E-state index in [0.29, 0.717) is 5.92 Å². The molecular weight excluding hydrogens is 362 g/mol. The summed E-state index contributed by atoms with van der Waals surface area (Å²) in [5.74, 6) is 2.46. The second-order valence-electron chi connectivity index (χ2n) is 5.79. The molecule has 0 aromatic carbocycles. The summed E-state index contributed by atoms with van der Waals surface area (Å²) in [4.78, 5) is 5.90. The molecule has 3 heterocycles. The number of thiazole rings is 1. The van der Waals surface area contributed by atoms with Gasteiger partial charge in [-0.3, -0.25) is 0 Å². The Morgan fingerprint density at radius 2 is 2.08 bits per heavy atom. The van der Waals surface area contributed by atoms with E-state index in [1.165, 1.54) is 4.88 Å². The molecule has 3 rings (SSSR count). The van der Waals surface area contributed by atoms with Crippen LogP contribution in [-0.4, -0.2) is 32.8 Å². The molecule has 1 aliphatic rings. The Labute approximate surface area is 157 Å². The molecule has 0 bridgehead atoms. The van der Waals surface area contributed by atoms with Gasteiger partial charge in [-0.2, -0.15) is 0 Å². The molecule has 132 valence electrons. The third kappa shape index (κ3) is 4.39. The summed E-state index contributed by atoms with van der Waals surface area (Å²) in [5, 5.41) is 14.5. The highest BCUT2D eigenvalue weighted by atomic mass is 35.5. The van der Waals surface area contributed by atoms with E-state index >= 15 is 0 Å². The van der Waals surface area contributed by atoms with Gasteiger partial charge < -0.3 is 9.88 Å². The summed E-state index contributed by atoms with van der Waals surface area (Å²) in [6.45, 7) is 11.0. The first kappa shape index (κ1) is 19.4. The van der Waals surface area contributed by atoms with Crippen LogP contribution >= 0.6 is 35.5 Å². The molecule has 0 amide bonds. The maximum Gasteiger partial charge on any atom is 0.191 e. The summed E-state index contributed by atoms with van der Waals surface area (Å²) in [5.41, 5.74) is 1.16. The second kappa shape index (κ2) is 8.99. The molecule has 1 aliphatic heterocycles. The third-order valence-electron chi connectivity index (χ3n) is 4.10. The van der Waals surface area contributed by atoms with Gasteiger partial charge in [-0.1, -0.05) is 17.8 Å². The van der Waals surface area contributed by atoms with Gasteiger partial charge in [0.1, 0.15) is 5.82 Å². The molecule has 0 spiro atoms. The van der Waals surface area contributed by atoms with Gasteiger partial charge in [-0.05, 0) is 39.8 Å². The van der Waals surface area contributed by atoms with Gasteiger partial charge in [0.05, 0.1) is 10.7 Å². The van der Waals surface area contributed by atoms with Gasteiger partial charge in [0.25, 0.3) is 0 Å². The number of rotatable bonds is 6. The van der Waals surface area contributed by atoms with Crippen molar-refractivity contribution in [3.05, 3.63) is 34.1 Å². The fourth-order valence-corrected chi connectivity index (χ4v) is 4.82. The smallest absolute Gasteiger partial charge is 0.191 e. The van der Waals surface area contributed by atoms with Crippen LogP contribution in [0.4, 0.5) is 0 Å². The highest BCUT2D eigenvalue weighted by Crippen LogP contribution is 2.30. The molecular formula is C16H24ClN5S2. The highest BCUT2D eigenvalue weighted by Gasteiger charge is 2.23. The van der Waals surface area contributed by atoms with Crippen LogP contribution in [0.25, 0.3) is 0 Å². The number of hydrogen-bond donors (Lipinski definition) is 1. The van der Waals surface area contributed by atoms with Crippen LogP contribution in [0, 0.1) is 13.8 Å². The molecule has 5 nitrogen and oxygen atoms in total. The average Bonchev–Trinajstić information content (AvgIpc) is 3.09. The molecule has 24 heavy (non-hydrogen) atoms. The number of nitrogens with one attached hydrogen (secondary N) is 1. The molecule has 1 saturated heterocycles. The lowest BCUT2D eigenvalue weighted by Gasteiger charge is -2.22. The fraction of sp³-hybridized carbons (Fsp3) is 0.562. The standard InChI is InChI=1S/C16H23N5S2.ClH/c1-4-9-21-15(13-5-7-17-8-6-13)19-20-16(21)22-10-14-11(2)23-12(3)18-14;/h4,13,17H,1,5-10H2,2-3H3;1H. The van der Waals surface area contributed by atoms with Gasteiger partial charge in [-0.25, -0.2) is 4.98 Å². The maximum absolute atomic E-state index is 4.61. The lowest BCUT2D eigenvalue weighted by Crippen LogP contribution is -2.28. The van der Waals surface area contributed by atoms with Crippen LogP contribution in [0.1, 0.15) is 40.2 Å². The lowest BCUT2D eigenvalue weighted by atomic mass is 9.97. The minimum atomic E-state index is 0. The van der Waals surface area contributed by atoms with E-state index < -0.39 is 0 Å². The topological polar surface area (TPSA) is 55.6 Å². The molecule has 0 atom stereocenters. The average molecular weight is 386 g/mol. The van der Waals surface area contributed by atoms with Crippen molar-refractivity contribution in [2.24, 2.45) is 0 Å². The van der Waals surface area contributed by atoms with Crippen molar-refractivity contribution in [3.8, 4) is 0 Å². The van der Waals surface area contributed by atoms with Gasteiger partial charge in [-0.15, -0.1) is 40.5 Å². The molecule has 8 heteroatoms. The number of piperidine rings is 1. The summed E-state index contributed by atoms with van der Waals surface area (Å²) < 4.78 is 2.22. The number of halogens is 1. The first-order valence-electron chi connectivity index (χ1n) is 7.99. The summed E-state index contributed by atoms with van der Waals surface area (Å²) >= 11 is 3.48. The van der Waals surface area contributed by atoms with Gasteiger partial charge in [0, 0.05) is 23.1 Å². The van der Waals surface area contributed by atoms with E-state index in [0.717, 1.165) is 59.9 Å². The van der Waals surface area contributed by atoms with Crippen molar-refractivity contribution < 1.29 is 0 Å². The normalized spacial score (nSPS) is 15.2. The maximum atomic E-state index is 4.61. The van der Waals surface area contributed by atoms with E-state index in [1.807, 2.05) is 6.08 Å². The monoisotopic (exact) mass is 385 g/mol. The Morgan fingerprint density at radius 3 is 2.71 bits per heavy atom. The third-order valence-corrected chi connectivity index (χ3v) is 6.01. The Hall–Kier alpha value is -0.890. The molecule has 1 N–H and O–H groups in total. The van der Waals surface area contributed by atoms with Gasteiger partial charge in [0.15, 0.2) is 5.16 Å². The minimum Gasteiger partial charge on any atom is -0.317 e. The van der Waals surface area contributed by atoms with Crippen molar-refractivity contribution in [1.82, 2.24) is 25.1 Å². The van der Waals surface area contributed by atoms with Crippen LogP contribution in [0.5, 0.6) is 0 Å². The Kier molecular flexibility index (Phi) is 7.28. The number of hydrogen-bond acceptors (Lipinski definition) is 6. The SMILES string of the molecule is C=CCn1c(SCc2nc(C)sc2C)nnc1C1CCNCC1.Cl. The van der Waals surface area contributed by atoms with Crippen LogP contribution in [0.3, 0.4) is 0 Å². The van der Waals surface area contributed by atoms with Crippen LogP contribution < -0.4 is 5.32 Å². The Balaban J connectivity index is 0.00000208. The Morgan fingerprint density at radius 1 is 1.33 bits per heavy atom. The van der Waals surface area contributed by atoms with Crippen molar-refractivity contribution in [3.63, 3.8) is 0 Å². The number of allylic oxidation sites excluding steroid dienone is 1. The van der Waals surface area contributed by atoms with Crippen LogP contribution in [0.2, 0.25) is 0 Å². The second-order valence-corrected chi connectivity index (χ2v) is 8.14. The Bertz CT molecular complexity index is 676. The minimum absolute atomic E-state index is 0. The molecule has 0 unspecified atom stereocenters. The van der Waals surface area contributed by atoms with E-state index in [9.17, 15) is 0 Å². The zero-order valence-electron chi connectivity index (χ0n) is 14.1. The molecule has 2 aromatic heterocycles. The molecule has 0 radical (unpaired) electrons. The number of nitrogens with zero attached hydrogens (tertiary/aromatic N) is 4. The zero-order chi connectivity index (χ0) is 16.2. The lowest BCUT2D eigenvalue weighted by molar-refractivity contribution is 0.431. The molecule has 0 saturated carbocycles. The summed E-state index contributed by atoms with van der Waals surface area (Å²) in [6, 6.07) is 0. The summed E-state index contributed by atoms with van der Waals surface area (Å²) in [7, 11) is 0. The fourth-order valence-electron chi connectivity index (χ4n) is 2.93. The van der Waals surface area contributed by atoms with Crippen molar-refractivity contribution in [1.29, 1.82) is 0 Å².